The lowest BCUT2D eigenvalue weighted by Crippen LogP contribution is -2.52. The topological polar surface area (TPSA) is 86.0 Å². The Morgan fingerprint density at radius 2 is 1.70 bits per heavy atom. The fourth-order valence-electron chi connectivity index (χ4n) is 8.79. The van der Waals surface area contributed by atoms with E-state index in [4.69, 9.17) is 0 Å². The van der Waals surface area contributed by atoms with Crippen molar-refractivity contribution in [3.05, 3.63) is 23.5 Å². The van der Waals surface area contributed by atoms with Gasteiger partial charge in [0.15, 0.2) is 0 Å². The van der Waals surface area contributed by atoms with Crippen molar-refractivity contribution in [3.8, 4) is 0 Å². The molecule has 0 saturated heterocycles. The maximum atomic E-state index is 12.9. The van der Waals surface area contributed by atoms with Crippen LogP contribution in [0.1, 0.15) is 121 Å². The van der Waals surface area contributed by atoms with Crippen molar-refractivity contribution in [2.45, 2.75) is 128 Å². The molecule has 2 amide bonds. The molecule has 0 spiro atoms. The van der Waals surface area contributed by atoms with E-state index in [-0.39, 0.29) is 35.4 Å². The minimum absolute atomic E-state index is 0.0330. The van der Waals surface area contributed by atoms with Crippen LogP contribution in [0, 0.1) is 23.7 Å². The summed E-state index contributed by atoms with van der Waals surface area (Å²) in [5, 5.41) is 9.92. The number of aromatic amines is 1. The van der Waals surface area contributed by atoms with Gasteiger partial charge in [0.05, 0.1) is 6.54 Å². The van der Waals surface area contributed by atoms with Crippen molar-refractivity contribution in [1.82, 2.24) is 20.9 Å². The molecule has 1 aromatic heterocycles. The number of carbonyl (C=O) groups is 2. The van der Waals surface area contributed by atoms with Crippen LogP contribution in [-0.2, 0) is 10.2 Å². The van der Waals surface area contributed by atoms with Crippen LogP contribution in [0.5, 0.6) is 0 Å². The Bertz CT molecular complexity index is 925. The molecular formula is C31H50N4O2. The van der Waals surface area contributed by atoms with Crippen molar-refractivity contribution in [1.29, 1.82) is 0 Å². The van der Waals surface area contributed by atoms with Gasteiger partial charge in [-0.05, 0) is 126 Å². The molecule has 6 rings (SSSR count). The fourth-order valence-corrected chi connectivity index (χ4v) is 8.79. The smallest absolute Gasteiger partial charge is 0.268 e. The van der Waals surface area contributed by atoms with E-state index >= 15 is 0 Å². The maximum Gasteiger partial charge on any atom is 0.268 e. The number of hydrogen-bond donors (Lipinski definition) is 4. The molecule has 1 aromatic rings. The molecule has 5 aliphatic rings. The minimum atomic E-state index is -0.174. The third kappa shape index (κ3) is 6.26. The number of nitrogens with one attached hydrogen (secondary N) is 4. The van der Waals surface area contributed by atoms with E-state index < -0.39 is 0 Å². The van der Waals surface area contributed by atoms with Gasteiger partial charge in [-0.3, -0.25) is 9.59 Å². The van der Waals surface area contributed by atoms with Gasteiger partial charge >= 0.3 is 0 Å². The second-order valence-corrected chi connectivity index (χ2v) is 14.2. The number of rotatable bonds is 9. The van der Waals surface area contributed by atoms with Crippen LogP contribution in [-0.4, -0.2) is 41.0 Å². The molecule has 0 aliphatic heterocycles. The molecule has 37 heavy (non-hydrogen) atoms. The minimum Gasteiger partial charge on any atom is -0.357 e. The number of carbonyl (C=O) groups excluding carboxylic acids is 2. The molecule has 0 unspecified atom stereocenters. The molecule has 1 heterocycles. The Morgan fingerprint density at radius 3 is 2.32 bits per heavy atom. The van der Waals surface area contributed by atoms with Crippen molar-refractivity contribution >= 4 is 11.8 Å². The van der Waals surface area contributed by atoms with Gasteiger partial charge in [-0.25, -0.2) is 0 Å². The van der Waals surface area contributed by atoms with E-state index in [0.29, 0.717) is 17.7 Å². The largest absolute Gasteiger partial charge is 0.357 e. The summed E-state index contributed by atoms with van der Waals surface area (Å²) < 4.78 is 0. The third-order valence-corrected chi connectivity index (χ3v) is 9.88. The lowest BCUT2D eigenvalue weighted by molar-refractivity contribution is -0.121. The zero-order valence-corrected chi connectivity index (χ0v) is 23.6. The number of unbranched alkanes of at least 4 members (excludes halogenated alkanes) is 1. The zero-order chi connectivity index (χ0) is 26.2. The molecular weight excluding hydrogens is 460 g/mol. The summed E-state index contributed by atoms with van der Waals surface area (Å²) in [6.07, 6.45) is 16.9. The van der Waals surface area contributed by atoms with Gasteiger partial charge in [0.1, 0.15) is 5.69 Å². The molecule has 0 aromatic carbocycles. The van der Waals surface area contributed by atoms with Crippen LogP contribution in [0.25, 0.3) is 0 Å². The van der Waals surface area contributed by atoms with Gasteiger partial charge < -0.3 is 20.9 Å². The number of H-pyrrole nitrogens is 1. The lowest BCUT2D eigenvalue weighted by Gasteiger charge is -2.56. The van der Waals surface area contributed by atoms with Gasteiger partial charge in [0.2, 0.25) is 5.91 Å². The quantitative estimate of drug-likeness (QED) is 0.357. The van der Waals surface area contributed by atoms with Crippen LogP contribution < -0.4 is 16.0 Å². The van der Waals surface area contributed by atoms with Crippen LogP contribution >= 0.6 is 0 Å². The molecule has 206 valence electrons. The predicted molar refractivity (Wildman–Crippen MR) is 148 cm³/mol. The van der Waals surface area contributed by atoms with E-state index in [2.05, 4.69) is 60.9 Å². The standard InChI is InChI=1S/C31H50N4O2/c1-5-6-7-23-13-25(35-30(2,3)4)8-9-26(23)34-28(36)19-33-29(37)27-14-24(18-32-27)31-15-20-10-21(16-31)12-22(11-20)17-31/h14,18,20-23,25-26,32,35H,5-13,15-17,19H2,1-4H3,(H,33,37)(H,34,36)/t20?,21?,22?,23-,25+,26-,31?/m0/s1. The molecule has 6 heteroatoms. The Kier molecular flexibility index (Phi) is 7.77. The Morgan fingerprint density at radius 1 is 1.03 bits per heavy atom. The monoisotopic (exact) mass is 510 g/mol. The molecule has 4 N–H and O–H groups in total. The van der Waals surface area contributed by atoms with Gasteiger partial charge in [0.25, 0.3) is 5.91 Å². The van der Waals surface area contributed by atoms with Gasteiger partial charge in [0, 0.05) is 23.8 Å². The predicted octanol–water partition coefficient (Wildman–Crippen LogP) is 5.44. The van der Waals surface area contributed by atoms with E-state index in [1.54, 1.807) is 0 Å². The summed E-state index contributed by atoms with van der Waals surface area (Å²) in [5.74, 6) is 2.87. The first kappa shape index (κ1) is 26.8. The first-order valence-electron chi connectivity index (χ1n) is 15.2. The van der Waals surface area contributed by atoms with E-state index in [1.165, 1.54) is 56.9 Å². The molecule has 5 saturated carbocycles. The normalized spacial score (nSPS) is 34.9. The lowest BCUT2D eigenvalue weighted by atomic mass is 9.48. The molecule has 5 aliphatic carbocycles. The maximum absolute atomic E-state index is 12.9. The highest BCUT2D eigenvalue weighted by molar-refractivity contribution is 5.95. The second kappa shape index (κ2) is 10.7. The molecule has 4 bridgehead atoms. The summed E-state index contributed by atoms with van der Waals surface area (Å²) in [5.41, 5.74) is 2.29. The summed E-state index contributed by atoms with van der Waals surface area (Å²) in [6.45, 7) is 8.93. The van der Waals surface area contributed by atoms with Gasteiger partial charge in [-0.15, -0.1) is 0 Å². The highest BCUT2D eigenvalue weighted by Gasteiger charge is 2.51. The molecule has 0 radical (unpaired) electrons. The highest BCUT2D eigenvalue weighted by Crippen LogP contribution is 2.60. The first-order chi connectivity index (χ1) is 17.6. The van der Waals surface area contributed by atoms with Crippen molar-refractivity contribution < 1.29 is 9.59 Å². The summed E-state index contributed by atoms with van der Waals surface area (Å²) in [4.78, 5) is 29.0. The summed E-state index contributed by atoms with van der Waals surface area (Å²) in [6, 6.07) is 2.78. The Balaban J connectivity index is 1.13. The van der Waals surface area contributed by atoms with E-state index in [0.717, 1.165) is 43.4 Å². The van der Waals surface area contributed by atoms with Crippen LogP contribution in [0.4, 0.5) is 0 Å². The fraction of sp³-hybridized carbons (Fsp3) is 0.806. The van der Waals surface area contributed by atoms with Crippen molar-refractivity contribution in [2.75, 3.05) is 6.54 Å². The summed E-state index contributed by atoms with van der Waals surface area (Å²) in [7, 11) is 0. The second-order valence-electron chi connectivity index (χ2n) is 14.2. The molecule has 6 nitrogen and oxygen atoms in total. The summed E-state index contributed by atoms with van der Waals surface area (Å²) >= 11 is 0. The Labute approximate surface area is 223 Å². The number of amides is 2. The zero-order valence-electron chi connectivity index (χ0n) is 23.6. The molecule has 3 atom stereocenters. The van der Waals surface area contributed by atoms with E-state index in [1.807, 2.05) is 0 Å². The van der Waals surface area contributed by atoms with Crippen LogP contribution in [0.3, 0.4) is 0 Å². The Hall–Kier alpha value is -1.82. The van der Waals surface area contributed by atoms with Gasteiger partial charge in [-0.1, -0.05) is 19.8 Å². The van der Waals surface area contributed by atoms with Crippen LogP contribution in [0.15, 0.2) is 12.3 Å². The van der Waals surface area contributed by atoms with Crippen LogP contribution in [0.2, 0.25) is 0 Å². The third-order valence-electron chi connectivity index (χ3n) is 9.88. The molecule has 5 fully saturated rings. The van der Waals surface area contributed by atoms with E-state index in [9.17, 15) is 9.59 Å². The van der Waals surface area contributed by atoms with Crippen molar-refractivity contribution in [3.63, 3.8) is 0 Å². The first-order valence-corrected chi connectivity index (χ1v) is 15.2. The average Bonchev–Trinajstić information content (AvgIpc) is 3.32. The number of aromatic nitrogens is 1. The van der Waals surface area contributed by atoms with Gasteiger partial charge in [-0.2, -0.15) is 0 Å². The number of hydrogen-bond acceptors (Lipinski definition) is 3. The average molecular weight is 511 g/mol. The SMILES string of the molecule is CCCC[C@H]1C[C@H](NC(C)(C)C)CC[C@@H]1NC(=O)CNC(=O)c1cc(C23CC4CC(CC(C4)C2)C3)c[nH]1. The highest BCUT2D eigenvalue weighted by atomic mass is 16.2. The van der Waals surface area contributed by atoms with Crippen molar-refractivity contribution in [2.24, 2.45) is 23.7 Å².